The van der Waals surface area contributed by atoms with E-state index in [1.165, 1.54) is 10.6 Å². The van der Waals surface area contributed by atoms with Crippen molar-refractivity contribution in [3.05, 3.63) is 17.0 Å². The number of nitrogens with zero attached hydrogens (tertiary/aromatic N) is 2. The number of hydrogen-bond acceptors (Lipinski definition) is 3. The quantitative estimate of drug-likeness (QED) is 0.886. The van der Waals surface area contributed by atoms with E-state index in [4.69, 9.17) is 0 Å². The SMILES string of the molecule is CCC(C)c1n[nH]c2c1CN(S(C)(=O)=O)CC2. The van der Waals surface area contributed by atoms with Crippen molar-refractivity contribution in [3.63, 3.8) is 0 Å². The molecule has 6 heteroatoms. The van der Waals surface area contributed by atoms with Crippen LogP contribution in [0, 0.1) is 0 Å². The molecule has 0 aromatic carbocycles. The Hall–Kier alpha value is -0.880. The molecule has 2 rings (SSSR count). The lowest BCUT2D eigenvalue weighted by atomic mass is 9.97. The monoisotopic (exact) mass is 257 g/mol. The Labute approximate surface area is 102 Å². The van der Waals surface area contributed by atoms with Crippen LogP contribution in [0.5, 0.6) is 0 Å². The van der Waals surface area contributed by atoms with Gasteiger partial charge >= 0.3 is 0 Å². The molecule has 0 bridgehead atoms. The number of rotatable bonds is 3. The van der Waals surface area contributed by atoms with Crippen molar-refractivity contribution in [1.82, 2.24) is 14.5 Å². The zero-order valence-corrected chi connectivity index (χ0v) is 11.3. The van der Waals surface area contributed by atoms with E-state index in [-0.39, 0.29) is 0 Å². The van der Waals surface area contributed by atoms with Gasteiger partial charge in [-0.2, -0.15) is 9.40 Å². The summed E-state index contributed by atoms with van der Waals surface area (Å²) >= 11 is 0. The fraction of sp³-hybridized carbons (Fsp3) is 0.727. The van der Waals surface area contributed by atoms with Gasteiger partial charge in [-0.15, -0.1) is 0 Å². The molecule has 0 aliphatic carbocycles. The topological polar surface area (TPSA) is 66.1 Å². The largest absolute Gasteiger partial charge is 0.282 e. The van der Waals surface area contributed by atoms with Crippen molar-refractivity contribution < 1.29 is 8.42 Å². The highest BCUT2D eigenvalue weighted by atomic mass is 32.2. The van der Waals surface area contributed by atoms with Gasteiger partial charge < -0.3 is 0 Å². The smallest absolute Gasteiger partial charge is 0.211 e. The van der Waals surface area contributed by atoms with Crippen LogP contribution >= 0.6 is 0 Å². The van der Waals surface area contributed by atoms with Crippen LogP contribution in [0.4, 0.5) is 0 Å². The second-order valence-corrected chi connectivity index (χ2v) is 6.70. The van der Waals surface area contributed by atoms with Gasteiger partial charge in [0.1, 0.15) is 0 Å². The maximum Gasteiger partial charge on any atom is 0.211 e. The highest BCUT2D eigenvalue weighted by Crippen LogP contribution is 2.28. The highest BCUT2D eigenvalue weighted by molar-refractivity contribution is 7.88. The van der Waals surface area contributed by atoms with Crippen molar-refractivity contribution in [2.45, 2.75) is 39.2 Å². The zero-order valence-electron chi connectivity index (χ0n) is 10.5. The van der Waals surface area contributed by atoms with Crippen LogP contribution in [0.2, 0.25) is 0 Å². The summed E-state index contributed by atoms with van der Waals surface area (Å²) in [5, 5.41) is 7.38. The van der Waals surface area contributed by atoms with Crippen LogP contribution in [0.1, 0.15) is 43.1 Å². The van der Waals surface area contributed by atoms with Gasteiger partial charge in [-0.1, -0.05) is 13.8 Å². The molecule has 1 unspecified atom stereocenters. The molecule has 1 N–H and O–H groups in total. The van der Waals surface area contributed by atoms with E-state index in [0.717, 1.165) is 29.8 Å². The molecular formula is C11H19N3O2S. The van der Waals surface area contributed by atoms with Crippen molar-refractivity contribution in [2.75, 3.05) is 12.8 Å². The Bertz CT molecular complexity index is 507. The Balaban J connectivity index is 2.32. The number of aromatic amines is 1. The van der Waals surface area contributed by atoms with Gasteiger partial charge in [0.25, 0.3) is 0 Å². The summed E-state index contributed by atoms with van der Waals surface area (Å²) in [6.07, 6.45) is 3.00. The van der Waals surface area contributed by atoms with Gasteiger partial charge in [-0.3, -0.25) is 5.10 Å². The van der Waals surface area contributed by atoms with Crippen LogP contribution < -0.4 is 0 Å². The first-order valence-corrected chi connectivity index (χ1v) is 7.79. The Morgan fingerprint density at radius 2 is 2.24 bits per heavy atom. The summed E-state index contributed by atoms with van der Waals surface area (Å²) in [6, 6.07) is 0. The third kappa shape index (κ3) is 2.37. The molecule has 1 aromatic heterocycles. The van der Waals surface area contributed by atoms with Gasteiger partial charge in [-0.25, -0.2) is 8.42 Å². The summed E-state index contributed by atoms with van der Waals surface area (Å²) < 4.78 is 24.7. The molecule has 1 atom stereocenters. The number of H-pyrrole nitrogens is 1. The Kier molecular flexibility index (Phi) is 3.27. The molecule has 0 saturated carbocycles. The molecule has 1 aliphatic rings. The van der Waals surface area contributed by atoms with E-state index in [0.29, 0.717) is 19.0 Å². The fourth-order valence-electron chi connectivity index (χ4n) is 2.18. The van der Waals surface area contributed by atoms with Crippen LogP contribution in [-0.4, -0.2) is 35.7 Å². The van der Waals surface area contributed by atoms with E-state index in [9.17, 15) is 8.42 Å². The second kappa shape index (κ2) is 4.42. The van der Waals surface area contributed by atoms with E-state index < -0.39 is 10.0 Å². The van der Waals surface area contributed by atoms with E-state index in [2.05, 4.69) is 24.0 Å². The van der Waals surface area contributed by atoms with Gasteiger partial charge in [0.2, 0.25) is 10.0 Å². The van der Waals surface area contributed by atoms with Crippen molar-refractivity contribution in [2.24, 2.45) is 0 Å². The van der Waals surface area contributed by atoms with Crippen LogP contribution in [-0.2, 0) is 23.0 Å². The highest BCUT2D eigenvalue weighted by Gasteiger charge is 2.28. The fourth-order valence-corrected chi connectivity index (χ4v) is 2.96. The van der Waals surface area contributed by atoms with Crippen LogP contribution in [0.3, 0.4) is 0 Å². The molecule has 0 saturated heterocycles. The maximum absolute atomic E-state index is 11.6. The van der Waals surface area contributed by atoms with Crippen LogP contribution in [0.25, 0.3) is 0 Å². The van der Waals surface area contributed by atoms with Crippen molar-refractivity contribution >= 4 is 10.0 Å². The third-order valence-electron chi connectivity index (χ3n) is 3.48. The van der Waals surface area contributed by atoms with Gasteiger partial charge in [0.05, 0.1) is 11.9 Å². The average Bonchev–Trinajstić information content (AvgIpc) is 2.69. The molecule has 0 radical (unpaired) electrons. The molecule has 2 heterocycles. The third-order valence-corrected chi connectivity index (χ3v) is 4.73. The predicted molar refractivity (Wildman–Crippen MR) is 66.3 cm³/mol. The minimum absolute atomic E-state index is 0.370. The molecule has 96 valence electrons. The number of sulfonamides is 1. The summed E-state index contributed by atoms with van der Waals surface area (Å²) in [7, 11) is -3.10. The molecule has 0 fully saturated rings. The lowest BCUT2D eigenvalue weighted by Crippen LogP contribution is -2.35. The summed E-state index contributed by atoms with van der Waals surface area (Å²) in [6.45, 7) is 5.25. The van der Waals surface area contributed by atoms with E-state index in [1.807, 2.05) is 0 Å². The summed E-state index contributed by atoms with van der Waals surface area (Å²) in [5.74, 6) is 0.370. The first kappa shape index (κ1) is 12.6. The van der Waals surface area contributed by atoms with Gasteiger partial charge in [-0.05, 0) is 6.42 Å². The minimum Gasteiger partial charge on any atom is -0.282 e. The van der Waals surface area contributed by atoms with Gasteiger partial charge in [0.15, 0.2) is 0 Å². The Morgan fingerprint density at radius 3 is 2.82 bits per heavy atom. The predicted octanol–water partition coefficient (Wildman–Crippen LogP) is 1.24. The molecule has 0 amide bonds. The molecule has 1 aromatic rings. The van der Waals surface area contributed by atoms with E-state index >= 15 is 0 Å². The second-order valence-electron chi connectivity index (χ2n) is 4.72. The first-order chi connectivity index (χ1) is 7.93. The standard InChI is InChI=1S/C11H19N3O2S/c1-4-8(2)11-9-7-14(17(3,15)16)6-5-10(9)12-13-11/h8H,4-7H2,1-3H3,(H,12,13). The summed E-state index contributed by atoms with van der Waals surface area (Å²) in [4.78, 5) is 0. The molecular weight excluding hydrogens is 238 g/mol. The molecule has 1 aliphatic heterocycles. The molecule has 0 spiro atoms. The van der Waals surface area contributed by atoms with Crippen molar-refractivity contribution in [1.29, 1.82) is 0 Å². The van der Waals surface area contributed by atoms with Gasteiger partial charge in [0, 0.05) is 36.7 Å². The van der Waals surface area contributed by atoms with Crippen LogP contribution in [0.15, 0.2) is 0 Å². The number of hydrogen-bond donors (Lipinski definition) is 1. The lowest BCUT2D eigenvalue weighted by molar-refractivity contribution is 0.391. The maximum atomic E-state index is 11.6. The molecule has 5 nitrogen and oxygen atoms in total. The van der Waals surface area contributed by atoms with E-state index in [1.54, 1.807) is 0 Å². The number of aromatic nitrogens is 2. The molecule has 17 heavy (non-hydrogen) atoms. The Morgan fingerprint density at radius 1 is 1.53 bits per heavy atom. The number of fused-ring (bicyclic) bond motifs is 1. The number of nitrogens with one attached hydrogen (secondary N) is 1. The zero-order chi connectivity index (χ0) is 12.6. The minimum atomic E-state index is -3.10. The first-order valence-electron chi connectivity index (χ1n) is 5.94. The lowest BCUT2D eigenvalue weighted by Gasteiger charge is -2.25. The summed E-state index contributed by atoms with van der Waals surface area (Å²) in [5.41, 5.74) is 3.20. The van der Waals surface area contributed by atoms with Crippen molar-refractivity contribution in [3.8, 4) is 0 Å². The average molecular weight is 257 g/mol. The normalized spacial score (nSPS) is 19.0.